The standard InChI is InChI=1S/C20H21ClN4O4S/c1-12-14(4-3-5-15(12)21)10-25-16(11-29-13(2)26)22-19(27)17-18(25)23-20(30-17)24-6-8-28-9-7-24/h3-5H,6-11H2,1-2H3. The second kappa shape index (κ2) is 8.71. The first-order valence-corrected chi connectivity index (χ1v) is 10.7. The number of carbonyl (C=O) groups excluding carboxylic acids is 1. The number of morpholine rings is 1. The summed E-state index contributed by atoms with van der Waals surface area (Å²) >= 11 is 7.62. The minimum Gasteiger partial charge on any atom is -0.458 e. The lowest BCUT2D eigenvalue weighted by molar-refractivity contribution is -0.142. The molecule has 1 fully saturated rings. The van der Waals surface area contributed by atoms with Crippen LogP contribution < -0.4 is 10.5 Å². The van der Waals surface area contributed by atoms with Crippen LogP contribution in [0.25, 0.3) is 10.3 Å². The Labute approximate surface area is 182 Å². The van der Waals surface area contributed by atoms with Crippen molar-refractivity contribution in [3.63, 3.8) is 0 Å². The van der Waals surface area contributed by atoms with E-state index in [0.29, 0.717) is 41.0 Å². The fourth-order valence-electron chi connectivity index (χ4n) is 3.30. The lowest BCUT2D eigenvalue weighted by atomic mass is 10.1. The molecule has 0 radical (unpaired) electrons. The molecular weight excluding hydrogens is 428 g/mol. The maximum absolute atomic E-state index is 12.7. The summed E-state index contributed by atoms with van der Waals surface area (Å²) in [6.45, 7) is 6.24. The molecule has 4 rings (SSSR count). The Morgan fingerprint density at radius 1 is 1.30 bits per heavy atom. The van der Waals surface area contributed by atoms with E-state index in [1.807, 2.05) is 29.7 Å². The van der Waals surface area contributed by atoms with Gasteiger partial charge in [-0.25, -0.2) is 4.98 Å². The highest BCUT2D eigenvalue weighted by atomic mass is 35.5. The highest BCUT2D eigenvalue weighted by Crippen LogP contribution is 2.29. The molecule has 0 spiro atoms. The van der Waals surface area contributed by atoms with Crippen LogP contribution in [-0.4, -0.2) is 46.8 Å². The summed E-state index contributed by atoms with van der Waals surface area (Å²) in [7, 11) is 0. The first-order valence-electron chi connectivity index (χ1n) is 9.54. The number of esters is 1. The van der Waals surface area contributed by atoms with Crippen LogP contribution in [-0.2, 0) is 27.4 Å². The van der Waals surface area contributed by atoms with Gasteiger partial charge in [0, 0.05) is 25.0 Å². The summed E-state index contributed by atoms with van der Waals surface area (Å²) in [6, 6.07) is 5.68. The number of benzene rings is 1. The lowest BCUT2D eigenvalue weighted by Gasteiger charge is -2.25. The SMILES string of the molecule is CC(=O)OCc1nc(=O)c2sc(N3CCOCC3)nc2n1Cc1cccc(Cl)c1C. The maximum Gasteiger partial charge on any atom is 0.303 e. The Hall–Kier alpha value is -2.49. The van der Waals surface area contributed by atoms with Crippen molar-refractivity contribution >= 4 is 44.4 Å². The van der Waals surface area contributed by atoms with Crippen molar-refractivity contribution in [2.24, 2.45) is 0 Å². The average Bonchev–Trinajstić information content (AvgIpc) is 3.19. The number of hydrogen-bond acceptors (Lipinski definition) is 8. The number of aromatic nitrogens is 3. The Morgan fingerprint density at radius 2 is 2.07 bits per heavy atom. The predicted octanol–water partition coefficient (Wildman–Crippen LogP) is 2.76. The van der Waals surface area contributed by atoms with Gasteiger partial charge in [0.1, 0.15) is 11.3 Å². The molecule has 3 aromatic rings. The van der Waals surface area contributed by atoms with Gasteiger partial charge in [0.05, 0.1) is 19.8 Å². The Kier molecular flexibility index (Phi) is 6.03. The van der Waals surface area contributed by atoms with Crippen LogP contribution in [0.4, 0.5) is 5.13 Å². The van der Waals surface area contributed by atoms with Gasteiger partial charge in [-0.2, -0.15) is 4.98 Å². The average molecular weight is 449 g/mol. The first-order chi connectivity index (χ1) is 14.4. The van der Waals surface area contributed by atoms with E-state index in [9.17, 15) is 9.59 Å². The van der Waals surface area contributed by atoms with E-state index in [-0.39, 0.29) is 12.2 Å². The van der Waals surface area contributed by atoms with Crippen LogP contribution in [0.1, 0.15) is 23.9 Å². The van der Waals surface area contributed by atoms with Gasteiger partial charge in [0.15, 0.2) is 16.6 Å². The van der Waals surface area contributed by atoms with Crippen molar-refractivity contribution in [2.45, 2.75) is 27.0 Å². The number of halogens is 1. The van der Waals surface area contributed by atoms with Crippen molar-refractivity contribution in [3.8, 4) is 0 Å². The van der Waals surface area contributed by atoms with E-state index in [1.54, 1.807) is 0 Å². The second-order valence-electron chi connectivity index (χ2n) is 6.97. The van der Waals surface area contributed by atoms with Crippen LogP contribution in [0.5, 0.6) is 0 Å². The minimum atomic E-state index is -0.442. The molecule has 1 saturated heterocycles. The van der Waals surface area contributed by atoms with Gasteiger partial charge in [0.2, 0.25) is 0 Å². The van der Waals surface area contributed by atoms with Gasteiger partial charge >= 0.3 is 5.97 Å². The number of rotatable bonds is 5. The van der Waals surface area contributed by atoms with E-state index in [2.05, 4.69) is 9.88 Å². The van der Waals surface area contributed by atoms with Crippen molar-refractivity contribution < 1.29 is 14.3 Å². The van der Waals surface area contributed by atoms with Crippen molar-refractivity contribution in [1.29, 1.82) is 0 Å². The van der Waals surface area contributed by atoms with Crippen LogP contribution in [0, 0.1) is 6.92 Å². The molecule has 158 valence electrons. The summed E-state index contributed by atoms with van der Waals surface area (Å²) in [5.41, 5.74) is 2.07. The normalized spacial score (nSPS) is 14.3. The van der Waals surface area contributed by atoms with Crippen LogP contribution >= 0.6 is 22.9 Å². The molecule has 1 aliphatic heterocycles. The molecule has 0 atom stereocenters. The number of hydrogen-bond donors (Lipinski definition) is 0. The molecule has 1 aromatic carbocycles. The summed E-state index contributed by atoms with van der Waals surface area (Å²) in [4.78, 5) is 35.1. The van der Waals surface area contributed by atoms with E-state index in [1.165, 1.54) is 18.3 Å². The van der Waals surface area contributed by atoms with E-state index in [0.717, 1.165) is 29.3 Å². The molecule has 0 N–H and O–H groups in total. The molecule has 0 bridgehead atoms. The number of fused-ring (bicyclic) bond motifs is 1. The molecular formula is C20H21ClN4O4S. The van der Waals surface area contributed by atoms with E-state index >= 15 is 0 Å². The largest absolute Gasteiger partial charge is 0.458 e. The zero-order valence-electron chi connectivity index (χ0n) is 16.7. The molecule has 1 aliphatic rings. The molecule has 8 nitrogen and oxygen atoms in total. The molecule has 30 heavy (non-hydrogen) atoms. The fraction of sp³-hybridized carbons (Fsp3) is 0.400. The molecule has 0 saturated carbocycles. The fourth-order valence-corrected chi connectivity index (χ4v) is 4.50. The molecule has 0 aliphatic carbocycles. The molecule has 10 heteroatoms. The Balaban J connectivity index is 1.84. The zero-order valence-corrected chi connectivity index (χ0v) is 18.3. The van der Waals surface area contributed by atoms with Gasteiger partial charge in [-0.05, 0) is 24.1 Å². The van der Waals surface area contributed by atoms with Crippen molar-refractivity contribution in [2.75, 3.05) is 31.2 Å². The number of nitrogens with zero attached hydrogens (tertiary/aromatic N) is 4. The Bertz CT molecular complexity index is 1150. The van der Waals surface area contributed by atoms with Gasteiger partial charge in [-0.3, -0.25) is 9.59 Å². The third kappa shape index (κ3) is 4.19. The quantitative estimate of drug-likeness (QED) is 0.554. The smallest absolute Gasteiger partial charge is 0.303 e. The van der Waals surface area contributed by atoms with E-state index < -0.39 is 5.97 Å². The highest BCUT2D eigenvalue weighted by molar-refractivity contribution is 7.22. The number of thiazole rings is 1. The van der Waals surface area contributed by atoms with Crippen molar-refractivity contribution in [3.05, 3.63) is 50.5 Å². The third-order valence-electron chi connectivity index (χ3n) is 4.98. The molecule has 0 amide bonds. The highest BCUT2D eigenvalue weighted by Gasteiger charge is 2.21. The van der Waals surface area contributed by atoms with Gasteiger partial charge < -0.3 is 18.9 Å². The van der Waals surface area contributed by atoms with Crippen LogP contribution in [0.3, 0.4) is 0 Å². The van der Waals surface area contributed by atoms with Crippen molar-refractivity contribution in [1.82, 2.24) is 14.5 Å². The predicted molar refractivity (Wildman–Crippen MR) is 115 cm³/mol. The monoisotopic (exact) mass is 448 g/mol. The summed E-state index contributed by atoms with van der Waals surface area (Å²) in [5.74, 6) is -0.0944. The summed E-state index contributed by atoms with van der Waals surface area (Å²) in [6.07, 6.45) is 0. The Morgan fingerprint density at radius 3 is 2.80 bits per heavy atom. The third-order valence-corrected chi connectivity index (χ3v) is 6.49. The number of carbonyl (C=O) groups is 1. The number of anilines is 1. The number of ether oxygens (including phenoxy) is 2. The van der Waals surface area contributed by atoms with Gasteiger partial charge in [0.25, 0.3) is 5.56 Å². The first kappa shape index (κ1) is 20.8. The maximum atomic E-state index is 12.7. The zero-order chi connectivity index (χ0) is 21.3. The van der Waals surface area contributed by atoms with Gasteiger partial charge in [-0.1, -0.05) is 35.1 Å². The van der Waals surface area contributed by atoms with Crippen LogP contribution in [0.15, 0.2) is 23.0 Å². The van der Waals surface area contributed by atoms with Gasteiger partial charge in [-0.15, -0.1) is 0 Å². The minimum absolute atomic E-state index is 0.107. The molecule has 0 unspecified atom stereocenters. The van der Waals surface area contributed by atoms with E-state index in [4.69, 9.17) is 26.1 Å². The summed E-state index contributed by atoms with van der Waals surface area (Å²) in [5, 5.41) is 1.42. The lowest BCUT2D eigenvalue weighted by Crippen LogP contribution is -2.36. The van der Waals surface area contributed by atoms with Crippen LogP contribution in [0.2, 0.25) is 5.02 Å². The molecule has 2 aromatic heterocycles. The molecule has 3 heterocycles. The summed E-state index contributed by atoms with van der Waals surface area (Å²) < 4.78 is 12.9. The topological polar surface area (TPSA) is 86.6 Å². The second-order valence-corrected chi connectivity index (χ2v) is 8.36.